The molecular weight excluding hydrogens is 263 g/mol. The van der Waals surface area contributed by atoms with Crippen LogP contribution in [-0.2, 0) is 28.1 Å². The zero-order valence-corrected chi connectivity index (χ0v) is 12.2. The Labute approximate surface area is 125 Å². The largest absolute Gasteiger partial charge is 2.00 e. The molecule has 0 bridgehead atoms. The Hall–Kier alpha value is 0.329. The Bertz CT molecular complexity index is 315. The Morgan fingerprint density at radius 2 is 1.53 bits per heavy atom. The fourth-order valence-electron chi connectivity index (χ4n) is 0.788. The smallest absolute Gasteiger partial charge is 0.779 e. The van der Waals surface area contributed by atoms with Gasteiger partial charge < -0.3 is 4.55 Å². The van der Waals surface area contributed by atoms with E-state index in [0.29, 0.717) is 4.90 Å². The predicted molar refractivity (Wildman–Crippen MR) is 51.3 cm³/mol. The third kappa shape index (κ3) is 8.17. The summed E-state index contributed by atoms with van der Waals surface area (Å²) in [6.07, 6.45) is 0. The zero-order valence-electron chi connectivity index (χ0n) is 8.27. The van der Waals surface area contributed by atoms with Gasteiger partial charge in [0.2, 0.25) is 0 Å². The second-order valence-electron chi connectivity index (χ2n) is 2.32. The van der Waals surface area contributed by atoms with E-state index < -0.39 is 11.1 Å². The van der Waals surface area contributed by atoms with Crippen molar-refractivity contribution < 1.29 is 55.4 Å². The molecule has 2 nitrogen and oxygen atoms in total. The third-order valence-electron chi connectivity index (χ3n) is 1.38. The summed E-state index contributed by atoms with van der Waals surface area (Å²) >= 11 is -2.05. The van der Waals surface area contributed by atoms with Gasteiger partial charge in [-0.25, -0.2) is 24.3 Å². The van der Waals surface area contributed by atoms with Crippen LogP contribution in [0.5, 0.6) is 0 Å². The van der Waals surface area contributed by atoms with Crippen LogP contribution in [-0.4, -0.2) is 8.76 Å². The average Bonchev–Trinajstić information content (AvgIpc) is 2.82. The third-order valence-corrected chi connectivity index (χ3v) is 2.04. The summed E-state index contributed by atoms with van der Waals surface area (Å²) in [5, 5.41) is 0. The van der Waals surface area contributed by atoms with E-state index in [1.807, 2.05) is 30.3 Å². The van der Waals surface area contributed by atoms with Crippen LogP contribution in [0, 0.1) is 0 Å². The van der Waals surface area contributed by atoms with Crippen molar-refractivity contribution in [3.05, 3.63) is 54.6 Å². The molecule has 0 aliphatic rings. The molecule has 1 unspecified atom stereocenters. The molecule has 2 aromatic rings. The van der Waals surface area contributed by atoms with Crippen LogP contribution in [0.1, 0.15) is 0 Å². The van der Waals surface area contributed by atoms with Crippen LogP contribution < -0.4 is 29.6 Å². The van der Waals surface area contributed by atoms with Crippen molar-refractivity contribution in [2.75, 3.05) is 0 Å². The van der Waals surface area contributed by atoms with Gasteiger partial charge in [-0.05, 0) is 0 Å². The molecule has 0 aliphatic heterocycles. The molecule has 0 spiro atoms. The standard InChI is InChI=1S/C5H5O2S.C5H5.Fe.Na/c6-8(7)5-3-1-2-4-5;1-2-4-5-3-1;;/h1-4H,(H,6,7);1-5H;;/q2*-1;+2;+1/p-1. The molecule has 0 saturated carbocycles. The minimum absolute atomic E-state index is 0. The second-order valence-corrected chi connectivity index (χ2v) is 3.26. The molecule has 0 N–H and O–H groups in total. The summed E-state index contributed by atoms with van der Waals surface area (Å²) in [6.45, 7) is 0. The molecule has 0 amide bonds. The van der Waals surface area contributed by atoms with Gasteiger partial charge in [-0.15, -0.1) is 0 Å². The van der Waals surface area contributed by atoms with Crippen LogP contribution in [0.15, 0.2) is 59.5 Å². The van der Waals surface area contributed by atoms with E-state index in [0.717, 1.165) is 0 Å². The molecule has 0 aliphatic carbocycles. The second kappa shape index (κ2) is 10.8. The first-order valence-electron chi connectivity index (χ1n) is 3.78. The van der Waals surface area contributed by atoms with Crippen LogP contribution in [0.4, 0.5) is 0 Å². The number of rotatable bonds is 1. The summed E-state index contributed by atoms with van der Waals surface area (Å²) in [6, 6.07) is 16.5. The predicted octanol–water partition coefficient (Wildman–Crippen LogP) is -0.949. The minimum atomic E-state index is -2.05. The summed E-state index contributed by atoms with van der Waals surface area (Å²) in [4.78, 5) is 0.352. The zero-order chi connectivity index (χ0) is 9.52. The molecule has 0 heterocycles. The Morgan fingerprint density at radius 3 is 1.73 bits per heavy atom. The number of hydrogen-bond acceptors (Lipinski definition) is 2. The van der Waals surface area contributed by atoms with E-state index in [1.54, 1.807) is 24.3 Å². The van der Waals surface area contributed by atoms with Gasteiger partial charge in [0, 0.05) is 0 Å². The Kier molecular flexibility index (Phi) is 12.8. The quantitative estimate of drug-likeness (QED) is 0.381. The summed E-state index contributed by atoms with van der Waals surface area (Å²) < 4.78 is 20.1. The molecule has 5 heteroatoms. The van der Waals surface area contributed by atoms with Gasteiger partial charge in [-0.2, -0.15) is 30.3 Å². The summed E-state index contributed by atoms with van der Waals surface area (Å²) in [5.41, 5.74) is 0. The van der Waals surface area contributed by atoms with E-state index in [2.05, 4.69) is 0 Å². The topological polar surface area (TPSA) is 40.1 Å². The van der Waals surface area contributed by atoms with Gasteiger partial charge in [0.1, 0.15) is 0 Å². The first kappa shape index (κ1) is 17.7. The molecule has 15 heavy (non-hydrogen) atoms. The van der Waals surface area contributed by atoms with Gasteiger partial charge >= 0.3 is 46.6 Å². The van der Waals surface area contributed by atoms with E-state index in [4.69, 9.17) is 0 Å². The van der Waals surface area contributed by atoms with Crippen molar-refractivity contribution in [2.24, 2.45) is 0 Å². The van der Waals surface area contributed by atoms with Gasteiger partial charge in [0.25, 0.3) is 0 Å². The maximum Gasteiger partial charge on any atom is 2.00 e. The van der Waals surface area contributed by atoms with Crippen molar-refractivity contribution in [1.82, 2.24) is 0 Å². The van der Waals surface area contributed by atoms with Gasteiger partial charge in [0.15, 0.2) is 0 Å². The molecular formula is C10H9FeNaO2S. The minimum Gasteiger partial charge on any atom is -0.779 e. The van der Waals surface area contributed by atoms with E-state index >= 15 is 0 Å². The number of hydrogen-bond donors (Lipinski definition) is 0. The van der Waals surface area contributed by atoms with Gasteiger partial charge in [-0.3, -0.25) is 4.21 Å². The van der Waals surface area contributed by atoms with Crippen LogP contribution in [0.2, 0.25) is 0 Å². The molecule has 0 radical (unpaired) electrons. The van der Waals surface area contributed by atoms with Crippen molar-refractivity contribution in [2.45, 2.75) is 4.90 Å². The van der Waals surface area contributed by atoms with Crippen LogP contribution in [0.25, 0.3) is 0 Å². The summed E-state index contributed by atoms with van der Waals surface area (Å²) in [5.74, 6) is 0. The maximum absolute atomic E-state index is 10.1. The van der Waals surface area contributed by atoms with Crippen molar-refractivity contribution in [3.63, 3.8) is 0 Å². The van der Waals surface area contributed by atoms with Crippen molar-refractivity contribution >= 4 is 11.1 Å². The van der Waals surface area contributed by atoms with Crippen molar-refractivity contribution in [1.29, 1.82) is 0 Å². The van der Waals surface area contributed by atoms with E-state index in [1.165, 1.54) is 0 Å². The molecule has 0 fully saturated rings. The van der Waals surface area contributed by atoms with Crippen LogP contribution >= 0.6 is 0 Å². The monoisotopic (exact) mass is 272 g/mol. The van der Waals surface area contributed by atoms with E-state index in [-0.39, 0.29) is 46.6 Å². The first-order chi connectivity index (χ1) is 6.30. The molecule has 2 aromatic carbocycles. The normalized spacial score (nSPS) is 9.93. The fraction of sp³-hybridized carbons (Fsp3) is 0. The van der Waals surface area contributed by atoms with Crippen LogP contribution in [0.3, 0.4) is 0 Å². The maximum atomic E-state index is 10.1. The Morgan fingerprint density at radius 1 is 1.07 bits per heavy atom. The molecule has 76 valence electrons. The molecule has 0 saturated heterocycles. The van der Waals surface area contributed by atoms with Gasteiger partial charge in [-0.1, -0.05) is 16.0 Å². The summed E-state index contributed by atoms with van der Waals surface area (Å²) in [7, 11) is 0. The van der Waals surface area contributed by atoms with E-state index in [9.17, 15) is 8.76 Å². The fourth-order valence-corrected chi connectivity index (χ4v) is 1.17. The Balaban J connectivity index is 0. The molecule has 0 aromatic heterocycles. The SMILES string of the molecule is O=S([O-])[c-]1cccc1.[Fe+2].[Na+].c1cc[cH-]c1. The average molecular weight is 272 g/mol. The van der Waals surface area contributed by atoms with Gasteiger partial charge in [0.05, 0.1) is 0 Å². The molecule has 1 atom stereocenters. The molecule has 2 rings (SSSR count). The van der Waals surface area contributed by atoms with Crippen molar-refractivity contribution in [3.8, 4) is 0 Å². The first-order valence-corrected chi connectivity index (χ1v) is 4.86.